The van der Waals surface area contributed by atoms with E-state index in [0.717, 1.165) is 38.9 Å². The lowest BCUT2D eigenvalue weighted by molar-refractivity contribution is 0.0628. The van der Waals surface area contributed by atoms with Crippen LogP contribution in [0.3, 0.4) is 0 Å². The van der Waals surface area contributed by atoms with Crippen molar-refractivity contribution in [3.05, 3.63) is 59.7 Å². The number of amides is 1. The average molecular weight is 458 g/mol. The molecule has 0 aliphatic carbocycles. The van der Waals surface area contributed by atoms with Crippen molar-refractivity contribution in [3.63, 3.8) is 0 Å². The van der Waals surface area contributed by atoms with E-state index in [-0.39, 0.29) is 16.6 Å². The van der Waals surface area contributed by atoms with Gasteiger partial charge in [0.25, 0.3) is 5.91 Å². The second kappa shape index (κ2) is 10.0. The predicted octanol–water partition coefficient (Wildman–Crippen LogP) is 2.83. The quantitative estimate of drug-likeness (QED) is 0.667. The fourth-order valence-electron chi connectivity index (χ4n) is 4.39. The summed E-state index contributed by atoms with van der Waals surface area (Å²) < 4.78 is 33.3. The lowest BCUT2D eigenvalue weighted by Gasteiger charge is -2.35. The van der Waals surface area contributed by atoms with Crippen LogP contribution in [0.2, 0.25) is 0 Å². The Bertz CT molecular complexity index is 1030. The van der Waals surface area contributed by atoms with Crippen LogP contribution in [0, 0.1) is 0 Å². The molecule has 2 aromatic carbocycles. The number of carbonyl (C=O) groups excluding carboxylic acids is 1. The molecule has 7 nitrogen and oxygen atoms in total. The minimum absolute atomic E-state index is 0.0791. The minimum Gasteiger partial charge on any atom is -0.495 e. The number of benzene rings is 2. The summed E-state index contributed by atoms with van der Waals surface area (Å²) in [6.07, 6.45) is 2.75. The summed E-state index contributed by atoms with van der Waals surface area (Å²) >= 11 is 0. The van der Waals surface area contributed by atoms with Crippen molar-refractivity contribution >= 4 is 15.9 Å². The van der Waals surface area contributed by atoms with Gasteiger partial charge < -0.3 is 9.64 Å². The summed E-state index contributed by atoms with van der Waals surface area (Å²) in [5, 5.41) is 0. The van der Waals surface area contributed by atoms with E-state index in [2.05, 4.69) is 17.0 Å². The molecule has 4 rings (SSSR count). The number of carbonyl (C=O) groups is 1. The topological polar surface area (TPSA) is 70.2 Å². The summed E-state index contributed by atoms with van der Waals surface area (Å²) in [6, 6.07) is 15.0. The molecular weight excluding hydrogens is 426 g/mol. The molecule has 2 aliphatic rings. The zero-order valence-corrected chi connectivity index (χ0v) is 19.4. The van der Waals surface area contributed by atoms with E-state index in [4.69, 9.17) is 4.74 Å². The third-order valence-electron chi connectivity index (χ3n) is 6.25. The van der Waals surface area contributed by atoms with Crippen LogP contribution < -0.4 is 4.74 Å². The Hall–Kier alpha value is -2.42. The summed E-state index contributed by atoms with van der Waals surface area (Å²) in [5.41, 5.74) is 1.65. The average Bonchev–Trinajstić information content (AvgIpc) is 2.85. The first kappa shape index (κ1) is 22.8. The predicted molar refractivity (Wildman–Crippen MR) is 123 cm³/mol. The smallest absolute Gasteiger partial charge is 0.253 e. The van der Waals surface area contributed by atoms with E-state index in [0.29, 0.717) is 31.7 Å². The molecule has 0 atom stereocenters. The number of hydrogen-bond acceptors (Lipinski definition) is 5. The summed E-state index contributed by atoms with van der Waals surface area (Å²) in [7, 11) is -2.25. The van der Waals surface area contributed by atoms with E-state index in [1.165, 1.54) is 23.0 Å². The van der Waals surface area contributed by atoms with Crippen LogP contribution in [0.1, 0.15) is 35.2 Å². The van der Waals surface area contributed by atoms with E-state index in [1.54, 1.807) is 17.0 Å². The Labute approximate surface area is 190 Å². The highest BCUT2D eigenvalue weighted by molar-refractivity contribution is 7.89. The van der Waals surface area contributed by atoms with Gasteiger partial charge in [-0.1, -0.05) is 36.8 Å². The first-order valence-corrected chi connectivity index (χ1v) is 12.7. The zero-order valence-electron chi connectivity index (χ0n) is 18.6. The molecule has 0 unspecified atom stereocenters. The first-order valence-electron chi connectivity index (χ1n) is 11.2. The Morgan fingerprint density at radius 2 is 1.59 bits per heavy atom. The molecule has 0 bridgehead atoms. The molecule has 0 spiro atoms. The van der Waals surface area contributed by atoms with Gasteiger partial charge >= 0.3 is 0 Å². The molecule has 2 aliphatic heterocycles. The molecule has 1 amide bonds. The second-order valence-electron chi connectivity index (χ2n) is 8.38. The van der Waals surface area contributed by atoms with Gasteiger partial charge in [-0.25, -0.2) is 8.42 Å². The van der Waals surface area contributed by atoms with E-state index >= 15 is 0 Å². The molecule has 8 heteroatoms. The van der Waals surface area contributed by atoms with E-state index in [1.807, 2.05) is 18.2 Å². The normalized spacial score (nSPS) is 18.5. The molecule has 0 N–H and O–H groups in total. The highest BCUT2D eigenvalue weighted by atomic mass is 32.2. The van der Waals surface area contributed by atoms with Crippen LogP contribution in [-0.4, -0.2) is 74.8 Å². The molecule has 32 heavy (non-hydrogen) atoms. The summed E-state index contributed by atoms with van der Waals surface area (Å²) in [6.45, 7) is 4.69. The van der Waals surface area contributed by atoms with Gasteiger partial charge in [0, 0.05) is 51.4 Å². The number of piperidine rings is 1. The van der Waals surface area contributed by atoms with Gasteiger partial charge in [-0.05, 0) is 36.6 Å². The lowest BCUT2D eigenvalue weighted by Crippen LogP contribution is -2.48. The van der Waals surface area contributed by atoms with Crippen molar-refractivity contribution in [2.75, 3.05) is 46.4 Å². The molecular formula is C24H31N3O4S. The monoisotopic (exact) mass is 457 g/mol. The number of nitrogens with zero attached hydrogens (tertiary/aromatic N) is 3. The number of ether oxygens (including phenoxy) is 1. The maximum Gasteiger partial charge on any atom is 0.253 e. The zero-order chi connectivity index (χ0) is 22.6. The van der Waals surface area contributed by atoms with Crippen LogP contribution >= 0.6 is 0 Å². The molecule has 0 saturated carbocycles. The fourth-order valence-corrected chi connectivity index (χ4v) is 6.09. The molecule has 2 saturated heterocycles. The molecule has 0 aromatic heterocycles. The van der Waals surface area contributed by atoms with Gasteiger partial charge in [-0.2, -0.15) is 4.31 Å². The minimum atomic E-state index is -3.71. The van der Waals surface area contributed by atoms with Crippen molar-refractivity contribution in [3.8, 4) is 5.75 Å². The summed E-state index contributed by atoms with van der Waals surface area (Å²) in [5.74, 6) is 0.141. The third kappa shape index (κ3) is 4.98. The fraction of sp³-hybridized carbons (Fsp3) is 0.458. The van der Waals surface area contributed by atoms with Gasteiger partial charge in [-0.15, -0.1) is 0 Å². The third-order valence-corrected chi connectivity index (χ3v) is 8.17. The van der Waals surface area contributed by atoms with Crippen LogP contribution in [0.5, 0.6) is 5.75 Å². The van der Waals surface area contributed by atoms with Gasteiger partial charge in [0.2, 0.25) is 10.0 Å². The SMILES string of the molecule is COc1ccc(C(=O)N2CCN(Cc3ccccc3)CC2)cc1S(=O)(=O)N1CCCCC1. The van der Waals surface area contributed by atoms with Crippen LogP contribution in [0.25, 0.3) is 0 Å². The highest BCUT2D eigenvalue weighted by Gasteiger charge is 2.31. The largest absolute Gasteiger partial charge is 0.495 e. The molecule has 2 heterocycles. The maximum atomic E-state index is 13.2. The highest BCUT2D eigenvalue weighted by Crippen LogP contribution is 2.30. The lowest BCUT2D eigenvalue weighted by atomic mass is 10.1. The van der Waals surface area contributed by atoms with Crippen LogP contribution in [0.15, 0.2) is 53.4 Å². The first-order chi connectivity index (χ1) is 15.5. The molecule has 2 aromatic rings. The van der Waals surface area contributed by atoms with Gasteiger partial charge in [0.05, 0.1) is 7.11 Å². The van der Waals surface area contributed by atoms with E-state index in [9.17, 15) is 13.2 Å². The Kier molecular flexibility index (Phi) is 7.13. The van der Waals surface area contributed by atoms with Crippen molar-refractivity contribution in [1.29, 1.82) is 0 Å². The number of sulfonamides is 1. The molecule has 172 valence electrons. The van der Waals surface area contributed by atoms with Crippen molar-refractivity contribution in [2.45, 2.75) is 30.7 Å². The standard InChI is InChI=1S/C24H31N3O4S/c1-31-22-11-10-21(18-23(22)32(29,30)27-12-6-3-7-13-27)24(28)26-16-14-25(15-17-26)19-20-8-4-2-5-9-20/h2,4-5,8-11,18H,3,6-7,12-17,19H2,1H3. The van der Waals surface area contributed by atoms with Gasteiger partial charge in [0.1, 0.15) is 10.6 Å². The number of methoxy groups -OCH3 is 1. The Morgan fingerprint density at radius 1 is 0.906 bits per heavy atom. The Balaban J connectivity index is 1.47. The van der Waals surface area contributed by atoms with Crippen LogP contribution in [0.4, 0.5) is 0 Å². The maximum absolute atomic E-state index is 13.2. The second-order valence-corrected chi connectivity index (χ2v) is 10.3. The van der Waals surface area contributed by atoms with Gasteiger partial charge in [0.15, 0.2) is 0 Å². The van der Waals surface area contributed by atoms with Crippen molar-refractivity contribution < 1.29 is 17.9 Å². The Morgan fingerprint density at radius 3 is 2.25 bits per heavy atom. The van der Waals surface area contributed by atoms with Crippen molar-refractivity contribution in [2.24, 2.45) is 0 Å². The summed E-state index contributed by atoms with van der Waals surface area (Å²) in [4.78, 5) is 17.4. The van der Waals surface area contributed by atoms with E-state index < -0.39 is 10.0 Å². The van der Waals surface area contributed by atoms with Crippen molar-refractivity contribution in [1.82, 2.24) is 14.1 Å². The van der Waals surface area contributed by atoms with Crippen LogP contribution in [-0.2, 0) is 16.6 Å². The molecule has 0 radical (unpaired) electrons. The molecule has 2 fully saturated rings. The van der Waals surface area contributed by atoms with Gasteiger partial charge in [-0.3, -0.25) is 9.69 Å². The number of hydrogen-bond donors (Lipinski definition) is 0. The number of rotatable bonds is 6. The number of piperazine rings is 1.